The Morgan fingerprint density at radius 1 is 1.20 bits per heavy atom. The number of hydrogen-bond donors (Lipinski definition) is 1. The molecule has 0 fully saturated rings. The normalized spacial score (nSPS) is 14.7. The Balaban J connectivity index is 2.34. The molecule has 0 radical (unpaired) electrons. The Labute approximate surface area is 89.3 Å². The lowest BCUT2D eigenvalue weighted by Crippen LogP contribution is -2.12. The number of hydrogen-bond acceptors (Lipinski definition) is 2. The second-order valence-corrected chi connectivity index (χ2v) is 4.15. The van der Waals surface area contributed by atoms with Gasteiger partial charge in [-0.25, -0.2) is 0 Å². The Bertz CT molecular complexity index is 517. The minimum absolute atomic E-state index is 1.07. The molecule has 1 aromatic carbocycles. The van der Waals surface area contributed by atoms with Crippen molar-refractivity contribution in [2.45, 2.75) is 19.8 Å². The Morgan fingerprint density at radius 2 is 2.07 bits per heavy atom. The zero-order valence-corrected chi connectivity index (χ0v) is 8.88. The van der Waals surface area contributed by atoms with Gasteiger partial charge in [0, 0.05) is 17.6 Å². The molecule has 2 heteroatoms. The average molecular weight is 198 g/mol. The molecule has 76 valence electrons. The van der Waals surface area contributed by atoms with E-state index in [1.807, 2.05) is 6.92 Å². The van der Waals surface area contributed by atoms with Crippen LogP contribution in [-0.4, -0.2) is 11.5 Å². The fourth-order valence-electron chi connectivity index (χ4n) is 2.23. The van der Waals surface area contributed by atoms with Crippen LogP contribution < -0.4 is 5.32 Å². The highest BCUT2D eigenvalue weighted by molar-refractivity contribution is 5.92. The second-order valence-electron chi connectivity index (χ2n) is 4.15. The minimum atomic E-state index is 1.07. The Morgan fingerprint density at radius 3 is 3.00 bits per heavy atom. The highest BCUT2D eigenvalue weighted by Crippen LogP contribution is 2.29. The van der Waals surface area contributed by atoms with Crippen molar-refractivity contribution in [2.75, 3.05) is 11.9 Å². The maximum atomic E-state index is 4.63. The molecule has 0 saturated carbocycles. The lowest BCUT2D eigenvalue weighted by molar-refractivity contribution is 0.832. The van der Waals surface area contributed by atoms with Crippen LogP contribution in [-0.2, 0) is 6.42 Å². The number of pyridine rings is 1. The SMILES string of the molecule is Cc1ccc2ccc3c(c2n1)NCCC3. The fourth-order valence-corrected chi connectivity index (χ4v) is 2.23. The molecule has 0 atom stereocenters. The molecular formula is C13H14N2. The standard InChI is InChI=1S/C13H14N2/c1-9-4-5-11-7-6-10-3-2-8-14-12(10)13(11)15-9/h4-7,14H,2-3,8H2,1H3. The largest absolute Gasteiger partial charge is 0.383 e. The van der Waals surface area contributed by atoms with E-state index in [0.29, 0.717) is 0 Å². The monoisotopic (exact) mass is 198 g/mol. The van der Waals surface area contributed by atoms with Crippen molar-refractivity contribution in [3.05, 3.63) is 35.5 Å². The first-order valence-corrected chi connectivity index (χ1v) is 5.48. The maximum absolute atomic E-state index is 4.63. The summed E-state index contributed by atoms with van der Waals surface area (Å²) in [5, 5.41) is 4.70. The smallest absolute Gasteiger partial charge is 0.0939 e. The van der Waals surface area contributed by atoms with Crippen LogP contribution in [0.4, 0.5) is 5.69 Å². The molecule has 1 aromatic heterocycles. The van der Waals surface area contributed by atoms with Crippen molar-refractivity contribution in [1.82, 2.24) is 4.98 Å². The Hall–Kier alpha value is -1.57. The Kier molecular flexibility index (Phi) is 1.88. The summed E-state index contributed by atoms with van der Waals surface area (Å²) in [5.41, 5.74) is 4.88. The van der Waals surface area contributed by atoms with Gasteiger partial charge in [-0.3, -0.25) is 4.98 Å². The predicted octanol–water partition coefficient (Wildman–Crippen LogP) is 2.90. The lowest BCUT2D eigenvalue weighted by Gasteiger charge is -2.19. The zero-order valence-electron chi connectivity index (χ0n) is 8.88. The number of nitrogens with one attached hydrogen (secondary N) is 1. The first-order chi connectivity index (χ1) is 7.34. The van der Waals surface area contributed by atoms with Crippen LogP contribution in [0.3, 0.4) is 0 Å². The number of rotatable bonds is 0. The second kappa shape index (κ2) is 3.23. The third-order valence-corrected chi connectivity index (χ3v) is 3.01. The number of anilines is 1. The molecule has 3 rings (SSSR count). The summed E-state index contributed by atoms with van der Waals surface area (Å²) >= 11 is 0. The third kappa shape index (κ3) is 1.37. The summed E-state index contributed by atoms with van der Waals surface area (Å²) in [6.07, 6.45) is 2.40. The van der Waals surface area contributed by atoms with E-state index in [1.165, 1.54) is 29.5 Å². The number of nitrogens with zero attached hydrogens (tertiary/aromatic N) is 1. The summed E-state index contributed by atoms with van der Waals surface area (Å²) in [6.45, 7) is 3.11. The molecule has 2 aromatic rings. The van der Waals surface area contributed by atoms with E-state index in [0.717, 1.165) is 17.8 Å². The number of aryl methyl sites for hydroxylation is 2. The lowest BCUT2D eigenvalue weighted by atomic mass is 10.0. The van der Waals surface area contributed by atoms with Gasteiger partial charge in [0.05, 0.1) is 11.2 Å². The molecule has 0 spiro atoms. The predicted molar refractivity (Wildman–Crippen MR) is 63.3 cm³/mol. The van der Waals surface area contributed by atoms with Gasteiger partial charge in [0.2, 0.25) is 0 Å². The molecule has 1 N–H and O–H groups in total. The fraction of sp³-hybridized carbons (Fsp3) is 0.308. The quantitative estimate of drug-likeness (QED) is 0.704. The number of fused-ring (bicyclic) bond motifs is 3. The molecule has 1 aliphatic rings. The number of benzene rings is 1. The van der Waals surface area contributed by atoms with E-state index in [2.05, 4.69) is 34.6 Å². The molecule has 0 unspecified atom stereocenters. The van der Waals surface area contributed by atoms with E-state index in [9.17, 15) is 0 Å². The molecule has 0 amide bonds. The van der Waals surface area contributed by atoms with Gasteiger partial charge >= 0.3 is 0 Å². The van der Waals surface area contributed by atoms with E-state index in [-0.39, 0.29) is 0 Å². The third-order valence-electron chi connectivity index (χ3n) is 3.01. The number of aromatic nitrogens is 1. The van der Waals surface area contributed by atoms with Gasteiger partial charge in [0.1, 0.15) is 0 Å². The maximum Gasteiger partial charge on any atom is 0.0939 e. The van der Waals surface area contributed by atoms with Gasteiger partial charge in [-0.15, -0.1) is 0 Å². The van der Waals surface area contributed by atoms with E-state index in [1.54, 1.807) is 0 Å². The van der Waals surface area contributed by atoms with E-state index < -0.39 is 0 Å². The summed E-state index contributed by atoms with van der Waals surface area (Å²) in [4.78, 5) is 4.63. The van der Waals surface area contributed by atoms with Crippen molar-refractivity contribution in [3.63, 3.8) is 0 Å². The van der Waals surface area contributed by atoms with Crippen molar-refractivity contribution >= 4 is 16.6 Å². The van der Waals surface area contributed by atoms with Gasteiger partial charge in [-0.2, -0.15) is 0 Å². The molecule has 0 bridgehead atoms. The molecule has 0 saturated heterocycles. The molecule has 15 heavy (non-hydrogen) atoms. The van der Waals surface area contributed by atoms with Crippen LogP contribution in [0.2, 0.25) is 0 Å². The van der Waals surface area contributed by atoms with Crippen LogP contribution in [0.5, 0.6) is 0 Å². The van der Waals surface area contributed by atoms with Crippen LogP contribution >= 0.6 is 0 Å². The van der Waals surface area contributed by atoms with E-state index in [4.69, 9.17) is 0 Å². The highest BCUT2D eigenvalue weighted by Gasteiger charge is 2.12. The van der Waals surface area contributed by atoms with Gasteiger partial charge in [-0.05, 0) is 31.4 Å². The van der Waals surface area contributed by atoms with Gasteiger partial charge in [-0.1, -0.05) is 18.2 Å². The summed E-state index contributed by atoms with van der Waals surface area (Å²) in [5.74, 6) is 0. The summed E-state index contributed by atoms with van der Waals surface area (Å²) < 4.78 is 0. The van der Waals surface area contributed by atoms with Crippen molar-refractivity contribution in [3.8, 4) is 0 Å². The van der Waals surface area contributed by atoms with Crippen molar-refractivity contribution in [2.24, 2.45) is 0 Å². The average Bonchev–Trinajstić information content (AvgIpc) is 2.29. The van der Waals surface area contributed by atoms with Crippen molar-refractivity contribution < 1.29 is 0 Å². The molecular weight excluding hydrogens is 184 g/mol. The minimum Gasteiger partial charge on any atom is -0.383 e. The molecule has 2 nitrogen and oxygen atoms in total. The van der Waals surface area contributed by atoms with Crippen molar-refractivity contribution in [1.29, 1.82) is 0 Å². The molecule has 2 heterocycles. The highest BCUT2D eigenvalue weighted by atomic mass is 14.9. The van der Waals surface area contributed by atoms with Crippen LogP contribution in [0.25, 0.3) is 10.9 Å². The first kappa shape index (κ1) is 8.72. The summed E-state index contributed by atoms with van der Waals surface area (Å²) in [6, 6.07) is 8.61. The first-order valence-electron chi connectivity index (χ1n) is 5.48. The zero-order chi connectivity index (χ0) is 10.3. The topological polar surface area (TPSA) is 24.9 Å². The van der Waals surface area contributed by atoms with Gasteiger partial charge < -0.3 is 5.32 Å². The van der Waals surface area contributed by atoms with Gasteiger partial charge in [0.25, 0.3) is 0 Å². The van der Waals surface area contributed by atoms with Crippen LogP contribution in [0.1, 0.15) is 17.7 Å². The van der Waals surface area contributed by atoms with Crippen LogP contribution in [0.15, 0.2) is 24.3 Å². The summed E-state index contributed by atoms with van der Waals surface area (Å²) in [7, 11) is 0. The van der Waals surface area contributed by atoms with Crippen LogP contribution in [0, 0.1) is 6.92 Å². The molecule has 0 aliphatic carbocycles. The molecule has 1 aliphatic heterocycles. The van der Waals surface area contributed by atoms with E-state index >= 15 is 0 Å². The van der Waals surface area contributed by atoms with Gasteiger partial charge in [0.15, 0.2) is 0 Å².